The summed E-state index contributed by atoms with van der Waals surface area (Å²) in [4.78, 5) is 25.4. The fraction of sp³-hybridized carbons (Fsp3) is 0.0833. The standard InChI is InChI=1S/C24H19ClN2O3S/c1-15-4-5-17(13-20(15)26-24(29)21-3-2-11-30-21)23(28)27-22(18-10-12-31-14-18)16-6-8-19(25)9-7-16/h2-14,22H,1H3,(H,26,29)(H,27,28). The Labute approximate surface area is 188 Å². The number of amides is 2. The minimum Gasteiger partial charge on any atom is -0.459 e. The summed E-state index contributed by atoms with van der Waals surface area (Å²) in [6.45, 7) is 1.86. The van der Waals surface area contributed by atoms with Crippen LogP contribution in [0.2, 0.25) is 5.02 Å². The first-order valence-corrected chi connectivity index (χ1v) is 10.9. The van der Waals surface area contributed by atoms with E-state index < -0.39 is 0 Å². The van der Waals surface area contributed by atoms with Crippen LogP contribution < -0.4 is 10.6 Å². The summed E-state index contributed by atoms with van der Waals surface area (Å²) in [5, 5.41) is 10.5. The number of rotatable bonds is 6. The molecule has 0 bridgehead atoms. The van der Waals surface area contributed by atoms with Gasteiger partial charge in [0.05, 0.1) is 12.3 Å². The van der Waals surface area contributed by atoms with Gasteiger partial charge in [-0.25, -0.2) is 0 Å². The van der Waals surface area contributed by atoms with Crippen LogP contribution in [0.25, 0.3) is 0 Å². The Kier molecular flexibility index (Phi) is 6.21. The Balaban J connectivity index is 1.58. The fourth-order valence-corrected chi connectivity index (χ4v) is 3.97. The maximum atomic E-state index is 13.1. The van der Waals surface area contributed by atoms with Crippen molar-refractivity contribution in [2.75, 3.05) is 5.32 Å². The van der Waals surface area contributed by atoms with Gasteiger partial charge in [0.15, 0.2) is 5.76 Å². The molecule has 1 unspecified atom stereocenters. The number of furan rings is 1. The number of nitrogens with one attached hydrogen (secondary N) is 2. The summed E-state index contributed by atoms with van der Waals surface area (Å²) in [6, 6.07) is 17.5. The first-order valence-electron chi connectivity index (χ1n) is 9.55. The number of anilines is 1. The lowest BCUT2D eigenvalue weighted by Crippen LogP contribution is -2.29. The molecule has 2 N–H and O–H groups in total. The van der Waals surface area contributed by atoms with E-state index in [0.29, 0.717) is 16.3 Å². The molecule has 0 aliphatic heterocycles. The zero-order chi connectivity index (χ0) is 21.8. The summed E-state index contributed by atoms with van der Waals surface area (Å²) >= 11 is 7.59. The quantitative estimate of drug-likeness (QED) is 0.374. The van der Waals surface area contributed by atoms with Crippen molar-refractivity contribution in [3.05, 3.63) is 111 Å². The van der Waals surface area contributed by atoms with Crippen LogP contribution in [-0.2, 0) is 0 Å². The number of hydrogen-bond acceptors (Lipinski definition) is 4. The summed E-state index contributed by atoms with van der Waals surface area (Å²) < 4.78 is 5.14. The van der Waals surface area contributed by atoms with Gasteiger partial charge in [0, 0.05) is 16.3 Å². The Morgan fingerprint density at radius 3 is 2.48 bits per heavy atom. The van der Waals surface area contributed by atoms with Crippen molar-refractivity contribution < 1.29 is 14.0 Å². The highest BCUT2D eigenvalue weighted by atomic mass is 35.5. The van der Waals surface area contributed by atoms with Gasteiger partial charge < -0.3 is 15.1 Å². The van der Waals surface area contributed by atoms with Crippen LogP contribution in [0, 0.1) is 6.92 Å². The molecule has 4 rings (SSSR count). The molecule has 2 heterocycles. The summed E-state index contributed by atoms with van der Waals surface area (Å²) in [5.41, 5.74) is 3.74. The lowest BCUT2D eigenvalue weighted by Gasteiger charge is -2.19. The third-order valence-electron chi connectivity index (χ3n) is 4.85. The minimum atomic E-state index is -0.372. The molecule has 0 aliphatic rings. The number of hydrogen-bond donors (Lipinski definition) is 2. The van der Waals surface area contributed by atoms with Crippen molar-refractivity contribution in [1.82, 2.24) is 5.32 Å². The summed E-state index contributed by atoms with van der Waals surface area (Å²) in [5.74, 6) is -0.419. The lowest BCUT2D eigenvalue weighted by atomic mass is 10.0. The molecule has 0 fully saturated rings. The zero-order valence-corrected chi connectivity index (χ0v) is 18.2. The number of aryl methyl sites for hydroxylation is 1. The van der Waals surface area contributed by atoms with Crippen LogP contribution in [0.4, 0.5) is 5.69 Å². The van der Waals surface area contributed by atoms with Crippen LogP contribution in [0.1, 0.15) is 43.6 Å². The van der Waals surface area contributed by atoms with Crippen molar-refractivity contribution >= 4 is 40.4 Å². The molecular weight excluding hydrogens is 432 g/mol. The van der Waals surface area contributed by atoms with Crippen molar-refractivity contribution in [3.63, 3.8) is 0 Å². The van der Waals surface area contributed by atoms with E-state index in [9.17, 15) is 9.59 Å². The molecule has 5 nitrogen and oxygen atoms in total. The SMILES string of the molecule is Cc1ccc(C(=O)NC(c2ccc(Cl)cc2)c2ccsc2)cc1NC(=O)c1ccco1. The summed E-state index contributed by atoms with van der Waals surface area (Å²) in [7, 11) is 0. The van der Waals surface area contributed by atoms with Crippen molar-refractivity contribution in [3.8, 4) is 0 Å². The molecule has 156 valence electrons. The van der Waals surface area contributed by atoms with Crippen LogP contribution in [0.5, 0.6) is 0 Å². The molecule has 0 radical (unpaired) electrons. The maximum Gasteiger partial charge on any atom is 0.291 e. The van der Waals surface area contributed by atoms with E-state index in [-0.39, 0.29) is 23.6 Å². The highest BCUT2D eigenvalue weighted by molar-refractivity contribution is 7.08. The van der Waals surface area contributed by atoms with E-state index in [1.807, 2.05) is 35.9 Å². The number of benzene rings is 2. The molecule has 2 aromatic carbocycles. The van der Waals surface area contributed by atoms with Crippen LogP contribution in [0.15, 0.2) is 82.1 Å². The fourth-order valence-electron chi connectivity index (χ4n) is 3.16. The van der Waals surface area contributed by atoms with E-state index in [2.05, 4.69) is 10.6 Å². The predicted octanol–water partition coefficient (Wildman–Crippen LogP) is 6.07. The van der Waals surface area contributed by atoms with Gasteiger partial charge in [-0.15, -0.1) is 0 Å². The molecule has 0 aliphatic carbocycles. The third-order valence-corrected chi connectivity index (χ3v) is 5.80. The van der Waals surface area contributed by atoms with E-state index >= 15 is 0 Å². The van der Waals surface area contributed by atoms with Gasteiger partial charge in [-0.1, -0.05) is 29.8 Å². The molecular formula is C24H19ClN2O3S. The van der Waals surface area contributed by atoms with E-state index in [4.69, 9.17) is 16.0 Å². The number of carbonyl (C=O) groups is 2. The first-order chi connectivity index (χ1) is 15.0. The summed E-state index contributed by atoms with van der Waals surface area (Å²) in [6.07, 6.45) is 1.44. The second-order valence-corrected chi connectivity index (χ2v) is 8.19. The predicted molar refractivity (Wildman–Crippen MR) is 123 cm³/mol. The molecule has 0 spiro atoms. The lowest BCUT2D eigenvalue weighted by molar-refractivity contribution is 0.0941. The van der Waals surface area contributed by atoms with E-state index in [1.54, 1.807) is 53.8 Å². The van der Waals surface area contributed by atoms with Gasteiger partial charge >= 0.3 is 0 Å². The van der Waals surface area contributed by atoms with Crippen molar-refractivity contribution in [2.45, 2.75) is 13.0 Å². The first kappa shape index (κ1) is 20.9. The van der Waals surface area contributed by atoms with Gasteiger partial charge in [0.1, 0.15) is 0 Å². The molecule has 1 atom stereocenters. The average molecular weight is 451 g/mol. The number of halogens is 1. The van der Waals surface area contributed by atoms with Gasteiger partial charge in [-0.05, 0) is 76.8 Å². The van der Waals surface area contributed by atoms with E-state index in [0.717, 1.165) is 16.7 Å². The Hall–Kier alpha value is -3.35. The van der Waals surface area contributed by atoms with Crippen LogP contribution in [-0.4, -0.2) is 11.8 Å². The molecule has 0 saturated heterocycles. The van der Waals surface area contributed by atoms with Crippen LogP contribution >= 0.6 is 22.9 Å². The molecule has 2 amide bonds. The zero-order valence-electron chi connectivity index (χ0n) is 16.6. The Morgan fingerprint density at radius 2 is 1.81 bits per heavy atom. The highest BCUT2D eigenvalue weighted by Gasteiger charge is 2.19. The van der Waals surface area contributed by atoms with Gasteiger partial charge in [0.2, 0.25) is 0 Å². The maximum absolute atomic E-state index is 13.1. The van der Waals surface area contributed by atoms with Gasteiger partial charge in [0.25, 0.3) is 11.8 Å². The molecule has 0 saturated carbocycles. The monoisotopic (exact) mass is 450 g/mol. The van der Waals surface area contributed by atoms with Gasteiger partial charge in [-0.2, -0.15) is 11.3 Å². The largest absolute Gasteiger partial charge is 0.459 e. The highest BCUT2D eigenvalue weighted by Crippen LogP contribution is 2.26. The second-order valence-electron chi connectivity index (χ2n) is 6.98. The van der Waals surface area contributed by atoms with Crippen molar-refractivity contribution in [1.29, 1.82) is 0 Å². The minimum absolute atomic E-state index is 0.203. The van der Waals surface area contributed by atoms with E-state index in [1.165, 1.54) is 6.26 Å². The topological polar surface area (TPSA) is 71.3 Å². The average Bonchev–Trinajstić information content (AvgIpc) is 3.48. The second kappa shape index (κ2) is 9.20. The number of thiophene rings is 1. The Morgan fingerprint density at radius 1 is 1.00 bits per heavy atom. The molecule has 7 heteroatoms. The Bertz CT molecular complexity index is 1190. The van der Waals surface area contributed by atoms with Crippen LogP contribution in [0.3, 0.4) is 0 Å². The van der Waals surface area contributed by atoms with Crippen molar-refractivity contribution in [2.24, 2.45) is 0 Å². The smallest absolute Gasteiger partial charge is 0.291 e. The third kappa shape index (κ3) is 4.87. The van der Waals surface area contributed by atoms with Gasteiger partial charge in [-0.3, -0.25) is 9.59 Å². The molecule has 2 aromatic heterocycles. The normalized spacial score (nSPS) is 11.7. The number of carbonyl (C=O) groups excluding carboxylic acids is 2. The molecule has 31 heavy (non-hydrogen) atoms. The molecule has 4 aromatic rings.